The van der Waals surface area contributed by atoms with Crippen molar-refractivity contribution in [3.05, 3.63) is 29.8 Å². The molecule has 1 N–H and O–H groups in total. The third-order valence-electron chi connectivity index (χ3n) is 4.65. The highest BCUT2D eigenvalue weighted by molar-refractivity contribution is 7.99. The van der Waals surface area contributed by atoms with E-state index in [9.17, 15) is 0 Å². The molecule has 0 radical (unpaired) electrons. The largest absolute Gasteiger partial charge is 0.313 e. The van der Waals surface area contributed by atoms with Crippen LogP contribution in [-0.4, -0.2) is 18.3 Å². The summed E-state index contributed by atoms with van der Waals surface area (Å²) in [6.07, 6.45) is 6.91. The topological polar surface area (TPSA) is 12.0 Å². The van der Waals surface area contributed by atoms with Gasteiger partial charge in [-0.1, -0.05) is 44.4 Å². The van der Waals surface area contributed by atoms with Crippen molar-refractivity contribution in [2.24, 2.45) is 11.8 Å². The molecule has 1 nitrogen and oxygen atoms in total. The molecule has 0 aromatic heterocycles. The Morgan fingerprint density at radius 2 is 2.00 bits per heavy atom. The van der Waals surface area contributed by atoms with Gasteiger partial charge in [-0.05, 0) is 56.7 Å². The van der Waals surface area contributed by atoms with Crippen LogP contribution in [0.2, 0.25) is 0 Å². The molecule has 0 saturated heterocycles. The van der Waals surface area contributed by atoms with Gasteiger partial charge in [0.15, 0.2) is 0 Å². The molecular formula is C19H31NS. The molecule has 1 aliphatic rings. The van der Waals surface area contributed by atoms with E-state index in [1.54, 1.807) is 0 Å². The molecule has 2 rings (SSSR count). The number of hydrogen-bond donors (Lipinski definition) is 1. The first-order valence-corrected chi connectivity index (χ1v) is 9.60. The monoisotopic (exact) mass is 305 g/mol. The smallest absolute Gasteiger partial charge is 0.0190 e. The van der Waals surface area contributed by atoms with E-state index in [1.165, 1.54) is 48.3 Å². The van der Waals surface area contributed by atoms with Gasteiger partial charge in [0, 0.05) is 16.7 Å². The zero-order valence-corrected chi connectivity index (χ0v) is 14.7. The van der Waals surface area contributed by atoms with Crippen LogP contribution >= 0.6 is 11.8 Å². The van der Waals surface area contributed by atoms with Crippen molar-refractivity contribution in [3.8, 4) is 0 Å². The maximum atomic E-state index is 3.82. The lowest BCUT2D eigenvalue weighted by atomic mass is 9.79. The maximum Gasteiger partial charge on any atom is 0.0190 e. The highest BCUT2D eigenvalue weighted by atomic mass is 32.2. The first-order valence-electron chi connectivity index (χ1n) is 8.62. The minimum atomic E-state index is 0.680. The normalized spacial score (nSPS) is 24.0. The molecule has 3 unspecified atom stereocenters. The lowest BCUT2D eigenvalue weighted by Crippen LogP contribution is -2.40. The predicted molar refractivity (Wildman–Crippen MR) is 95.1 cm³/mol. The SMILES string of the molecule is CCCNC(CSc1ccc(C)cc1)C1CCCC(C)C1. The van der Waals surface area contributed by atoms with Crippen molar-refractivity contribution in [3.63, 3.8) is 0 Å². The van der Waals surface area contributed by atoms with Crippen LogP contribution in [-0.2, 0) is 0 Å². The van der Waals surface area contributed by atoms with E-state index in [4.69, 9.17) is 0 Å². The Kier molecular flexibility index (Phi) is 7.12. The van der Waals surface area contributed by atoms with Crippen LogP contribution in [0.5, 0.6) is 0 Å². The molecule has 1 saturated carbocycles. The highest BCUT2D eigenvalue weighted by Crippen LogP contribution is 2.33. The van der Waals surface area contributed by atoms with Crippen LogP contribution in [0.3, 0.4) is 0 Å². The summed E-state index contributed by atoms with van der Waals surface area (Å²) < 4.78 is 0. The van der Waals surface area contributed by atoms with E-state index in [1.807, 2.05) is 11.8 Å². The minimum Gasteiger partial charge on any atom is -0.313 e. The fourth-order valence-corrected chi connectivity index (χ4v) is 4.45. The summed E-state index contributed by atoms with van der Waals surface area (Å²) in [7, 11) is 0. The standard InChI is InChI=1S/C19H31NS/c1-4-12-20-19(17-7-5-6-16(3)13-17)14-21-18-10-8-15(2)9-11-18/h8-11,16-17,19-20H,4-7,12-14H2,1-3H3. The molecule has 1 fully saturated rings. The molecule has 0 amide bonds. The first kappa shape index (κ1) is 16.9. The Hall–Kier alpha value is -0.470. The van der Waals surface area contributed by atoms with Crippen molar-refractivity contribution in [2.75, 3.05) is 12.3 Å². The van der Waals surface area contributed by atoms with Crippen molar-refractivity contribution in [1.29, 1.82) is 0 Å². The average Bonchev–Trinajstić information content (AvgIpc) is 2.49. The van der Waals surface area contributed by atoms with Crippen LogP contribution in [0.25, 0.3) is 0 Å². The summed E-state index contributed by atoms with van der Waals surface area (Å²) in [6.45, 7) is 8.00. The van der Waals surface area contributed by atoms with Crippen LogP contribution in [0.1, 0.15) is 51.5 Å². The number of nitrogens with one attached hydrogen (secondary N) is 1. The van der Waals surface area contributed by atoms with Crippen molar-refractivity contribution >= 4 is 11.8 Å². The van der Waals surface area contributed by atoms with Gasteiger partial charge in [-0.2, -0.15) is 0 Å². The molecular weight excluding hydrogens is 274 g/mol. The Morgan fingerprint density at radius 3 is 2.67 bits per heavy atom. The van der Waals surface area contributed by atoms with Gasteiger partial charge in [-0.3, -0.25) is 0 Å². The molecule has 3 atom stereocenters. The predicted octanol–water partition coefficient (Wildman–Crippen LogP) is 5.28. The molecule has 1 aromatic carbocycles. The minimum absolute atomic E-state index is 0.680. The number of benzene rings is 1. The Labute approximate surface area is 135 Å². The molecule has 1 aliphatic carbocycles. The van der Waals surface area contributed by atoms with E-state index in [0.717, 1.165) is 18.4 Å². The van der Waals surface area contributed by atoms with Crippen LogP contribution < -0.4 is 5.32 Å². The molecule has 0 spiro atoms. The molecule has 21 heavy (non-hydrogen) atoms. The first-order chi connectivity index (χ1) is 10.2. The van der Waals surface area contributed by atoms with Crippen LogP contribution in [0.15, 0.2) is 29.2 Å². The quantitative estimate of drug-likeness (QED) is 0.688. The van der Waals surface area contributed by atoms with E-state index < -0.39 is 0 Å². The van der Waals surface area contributed by atoms with E-state index in [-0.39, 0.29) is 0 Å². The average molecular weight is 306 g/mol. The molecule has 0 aliphatic heterocycles. The molecule has 0 heterocycles. The lowest BCUT2D eigenvalue weighted by Gasteiger charge is -2.34. The van der Waals surface area contributed by atoms with Crippen molar-refractivity contribution in [2.45, 2.75) is 63.8 Å². The van der Waals surface area contributed by atoms with Gasteiger partial charge in [-0.15, -0.1) is 11.8 Å². The van der Waals surface area contributed by atoms with E-state index >= 15 is 0 Å². The Bertz CT molecular complexity index is 401. The second-order valence-corrected chi connectivity index (χ2v) is 7.81. The fraction of sp³-hybridized carbons (Fsp3) is 0.684. The van der Waals surface area contributed by atoms with Gasteiger partial charge in [-0.25, -0.2) is 0 Å². The molecule has 118 valence electrons. The zero-order valence-electron chi connectivity index (χ0n) is 13.9. The second kappa shape index (κ2) is 8.85. The van der Waals surface area contributed by atoms with Gasteiger partial charge < -0.3 is 5.32 Å². The summed E-state index contributed by atoms with van der Waals surface area (Å²) in [5.74, 6) is 3.00. The summed E-state index contributed by atoms with van der Waals surface area (Å²) in [5, 5.41) is 3.82. The van der Waals surface area contributed by atoms with Gasteiger partial charge in [0.1, 0.15) is 0 Å². The van der Waals surface area contributed by atoms with E-state index in [2.05, 4.69) is 50.4 Å². The molecule has 1 aromatic rings. The number of aryl methyl sites for hydroxylation is 1. The second-order valence-electron chi connectivity index (χ2n) is 6.72. The third-order valence-corrected chi connectivity index (χ3v) is 5.78. The fourth-order valence-electron chi connectivity index (χ4n) is 3.36. The number of rotatable bonds is 7. The van der Waals surface area contributed by atoms with Gasteiger partial charge in [0.25, 0.3) is 0 Å². The summed E-state index contributed by atoms with van der Waals surface area (Å²) in [4.78, 5) is 1.41. The van der Waals surface area contributed by atoms with Gasteiger partial charge in [0.05, 0.1) is 0 Å². The summed E-state index contributed by atoms with van der Waals surface area (Å²) in [5.41, 5.74) is 1.35. The molecule has 2 heteroatoms. The van der Waals surface area contributed by atoms with Crippen LogP contribution in [0.4, 0.5) is 0 Å². The number of thioether (sulfide) groups is 1. The Balaban J connectivity index is 1.90. The van der Waals surface area contributed by atoms with Crippen molar-refractivity contribution < 1.29 is 0 Å². The van der Waals surface area contributed by atoms with E-state index in [0.29, 0.717) is 6.04 Å². The molecule has 0 bridgehead atoms. The summed E-state index contributed by atoms with van der Waals surface area (Å²) >= 11 is 2.02. The lowest BCUT2D eigenvalue weighted by molar-refractivity contribution is 0.234. The third kappa shape index (κ3) is 5.67. The highest BCUT2D eigenvalue weighted by Gasteiger charge is 2.26. The zero-order chi connectivity index (χ0) is 15.1. The summed E-state index contributed by atoms with van der Waals surface area (Å²) in [6, 6.07) is 9.65. The number of hydrogen-bond acceptors (Lipinski definition) is 2. The van der Waals surface area contributed by atoms with Gasteiger partial charge in [0.2, 0.25) is 0 Å². The Morgan fingerprint density at radius 1 is 1.24 bits per heavy atom. The maximum absolute atomic E-state index is 3.82. The van der Waals surface area contributed by atoms with Gasteiger partial charge >= 0.3 is 0 Å². The van der Waals surface area contributed by atoms with Crippen molar-refractivity contribution in [1.82, 2.24) is 5.32 Å². The van der Waals surface area contributed by atoms with Crippen LogP contribution in [0, 0.1) is 18.8 Å².